The summed E-state index contributed by atoms with van der Waals surface area (Å²) in [5.41, 5.74) is 1.40. The molecule has 1 aliphatic heterocycles. The molecule has 1 aliphatic rings. The standard InChI is InChI=1S/C21H17BrFN3O2S/c22-17-4-2-1-3-16(17)19-24-13-18(29-19)21(28)26-11-9-25(10-12-26)20(27)14-5-7-15(23)8-6-14/h1-8,13H,9-12H2. The fourth-order valence-corrected chi connectivity index (χ4v) is 4.70. The van der Waals surface area contributed by atoms with Crippen molar-refractivity contribution in [2.45, 2.75) is 0 Å². The molecule has 0 aliphatic carbocycles. The lowest BCUT2D eigenvalue weighted by Crippen LogP contribution is -2.50. The largest absolute Gasteiger partial charge is 0.335 e. The number of benzene rings is 2. The van der Waals surface area contributed by atoms with Crippen LogP contribution in [0.25, 0.3) is 10.6 Å². The summed E-state index contributed by atoms with van der Waals surface area (Å²) in [4.78, 5) is 33.8. The first-order valence-electron chi connectivity index (χ1n) is 9.08. The molecule has 3 aromatic rings. The maximum atomic E-state index is 13.1. The van der Waals surface area contributed by atoms with Gasteiger partial charge in [0.25, 0.3) is 11.8 Å². The van der Waals surface area contributed by atoms with Crippen molar-refractivity contribution in [3.63, 3.8) is 0 Å². The van der Waals surface area contributed by atoms with Gasteiger partial charge in [-0.05, 0) is 30.3 Å². The fraction of sp³-hybridized carbons (Fsp3) is 0.190. The average molecular weight is 474 g/mol. The number of hydrogen-bond donors (Lipinski definition) is 0. The Kier molecular flexibility index (Phi) is 5.73. The van der Waals surface area contributed by atoms with E-state index in [9.17, 15) is 14.0 Å². The van der Waals surface area contributed by atoms with Crippen molar-refractivity contribution in [1.82, 2.24) is 14.8 Å². The first-order chi connectivity index (χ1) is 14.0. The van der Waals surface area contributed by atoms with Gasteiger partial charge in [-0.2, -0.15) is 0 Å². The second kappa shape index (κ2) is 8.42. The molecule has 0 spiro atoms. The predicted octanol–water partition coefficient (Wildman–Crippen LogP) is 4.31. The molecule has 0 saturated carbocycles. The Hall–Kier alpha value is -2.58. The molecule has 2 heterocycles. The third kappa shape index (κ3) is 4.23. The molecule has 8 heteroatoms. The van der Waals surface area contributed by atoms with E-state index in [1.54, 1.807) is 16.0 Å². The molecule has 0 radical (unpaired) electrons. The number of amides is 2. The average Bonchev–Trinajstić information content (AvgIpc) is 3.24. The molecule has 29 heavy (non-hydrogen) atoms. The van der Waals surface area contributed by atoms with Gasteiger partial charge in [0.05, 0.1) is 6.20 Å². The zero-order valence-corrected chi connectivity index (χ0v) is 17.7. The number of aromatic nitrogens is 1. The molecule has 0 unspecified atom stereocenters. The van der Waals surface area contributed by atoms with E-state index in [4.69, 9.17) is 0 Å². The van der Waals surface area contributed by atoms with Crippen LogP contribution in [0.4, 0.5) is 4.39 Å². The highest BCUT2D eigenvalue weighted by molar-refractivity contribution is 9.10. The van der Waals surface area contributed by atoms with Gasteiger partial charge in [0.1, 0.15) is 15.7 Å². The lowest BCUT2D eigenvalue weighted by molar-refractivity contribution is 0.0538. The smallest absolute Gasteiger partial charge is 0.265 e. The second-order valence-corrected chi connectivity index (χ2v) is 8.49. The lowest BCUT2D eigenvalue weighted by Gasteiger charge is -2.34. The molecule has 2 amide bonds. The fourth-order valence-electron chi connectivity index (χ4n) is 3.18. The Morgan fingerprint density at radius 1 is 0.931 bits per heavy atom. The minimum atomic E-state index is -0.372. The third-order valence-electron chi connectivity index (χ3n) is 4.77. The minimum absolute atomic E-state index is 0.0744. The van der Waals surface area contributed by atoms with Crippen LogP contribution in [0, 0.1) is 5.82 Å². The SMILES string of the molecule is O=C(c1ccc(F)cc1)N1CCN(C(=O)c2cnc(-c3ccccc3Br)s2)CC1. The van der Waals surface area contributed by atoms with Crippen molar-refractivity contribution in [3.8, 4) is 10.6 Å². The van der Waals surface area contributed by atoms with Crippen LogP contribution in [0.5, 0.6) is 0 Å². The summed E-state index contributed by atoms with van der Waals surface area (Å²) >= 11 is 4.87. The molecule has 0 N–H and O–H groups in total. The zero-order valence-electron chi connectivity index (χ0n) is 15.3. The van der Waals surface area contributed by atoms with Crippen LogP contribution in [0.1, 0.15) is 20.0 Å². The van der Waals surface area contributed by atoms with E-state index < -0.39 is 0 Å². The molecule has 0 bridgehead atoms. The molecule has 1 aromatic heterocycles. The van der Waals surface area contributed by atoms with Gasteiger partial charge >= 0.3 is 0 Å². The number of carbonyl (C=O) groups is 2. The molecule has 2 aromatic carbocycles. The van der Waals surface area contributed by atoms with Crippen molar-refractivity contribution in [2.24, 2.45) is 0 Å². The number of halogens is 2. The monoisotopic (exact) mass is 473 g/mol. The Bertz CT molecular complexity index is 1050. The zero-order chi connectivity index (χ0) is 20.4. The van der Waals surface area contributed by atoms with E-state index in [0.717, 1.165) is 15.0 Å². The Morgan fingerprint density at radius 3 is 2.21 bits per heavy atom. The number of rotatable bonds is 3. The molecule has 148 valence electrons. The van der Waals surface area contributed by atoms with Crippen molar-refractivity contribution in [2.75, 3.05) is 26.2 Å². The first kappa shape index (κ1) is 19.7. The van der Waals surface area contributed by atoms with E-state index in [1.807, 2.05) is 24.3 Å². The maximum absolute atomic E-state index is 13.1. The molecule has 4 rings (SSSR count). The van der Waals surface area contributed by atoms with Gasteiger partial charge in [0.2, 0.25) is 0 Å². The van der Waals surface area contributed by atoms with Crippen LogP contribution >= 0.6 is 27.3 Å². The molecule has 1 fully saturated rings. The molecular weight excluding hydrogens is 457 g/mol. The van der Waals surface area contributed by atoms with Crippen molar-refractivity contribution in [3.05, 3.63) is 75.5 Å². The number of piperazine rings is 1. The van der Waals surface area contributed by atoms with Gasteiger partial charge in [-0.1, -0.05) is 34.1 Å². The van der Waals surface area contributed by atoms with E-state index in [1.165, 1.54) is 35.6 Å². The first-order valence-corrected chi connectivity index (χ1v) is 10.7. The summed E-state index contributed by atoms with van der Waals surface area (Å²) in [7, 11) is 0. The quantitative estimate of drug-likeness (QED) is 0.569. The van der Waals surface area contributed by atoms with Crippen molar-refractivity contribution < 1.29 is 14.0 Å². The van der Waals surface area contributed by atoms with Crippen LogP contribution < -0.4 is 0 Å². The van der Waals surface area contributed by atoms with Gasteiger partial charge in [-0.3, -0.25) is 9.59 Å². The number of hydrogen-bond acceptors (Lipinski definition) is 4. The van der Waals surface area contributed by atoms with Crippen LogP contribution in [0.3, 0.4) is 0 Å². The molecule has 0 atom stereocenters. The second-order valence-electron chi connectivity index (χ2n) is 6.60. The normalized spacial score (nSPS) is 14.1. The molecule has 5 nitrogen and oxygen atoms in total. The topological polar surface area (TPSA) is 53.5 Å². The lowest BCUT2D eigenvalue weighted by atomic mass is 10.1. The van der Waals surface area contributed by atoms with Crippen LogP contribution in [0.15, 0.2) is 59.2 Å². The highest BCUT2D eigenvalue weighted by atomic mass is 79.9. The third-order valence-corrected chi connectivity index (χ3v) is 6.48. The highest BCUT2D eigenvalue weighted by Crippen LogP contribution is 2.31. The van der Waals surface area contributed by atoms with Crippen molar-refractivity contribution in [1.29, 1.82) is 0 Å². The van der Waals surface area contributed by atoms with Crippen LogP contribution in [-0.2, 0) is 0 Å². The van der Waals surface area contributed by atoms with Crippen molar-refractivity contribution >= 4 is 39.1 Å². The maximum Gasteiger partial charge on any atom is 0.265 e. The van der Waals surface area contributed by atoms with Gasteiger partial charge in [-0.15, -0.1) is 11.3 Å². The predicted molar refractivity (Wildman–Crippen MR) is 113 cm³/mol. The number of nitrogens with zero attached hydrogens (tertiary/aromatic N) is 3. The highest BCUT2D eigenvalue weighted by Gasteiger charge is 2.26. The number of carbonyl (C=O) groups excluding carboxylic acids is 2. The summed E-state index contributed by atoms with van der Waals surface area (Å²) in [5, 5.41) is 0.783. The van der Waals surface area contributed by atoms with E-state index in [0.29, 0.717) is 36.6 Å². The van der Waals surface area contributed by atoms with E-state index in [-0.39, 0.29) is 17.6 Å². The summed E-state index contributed by atoms with van der Waals surface area (Å²) < 4.78 is 14.0. The summed E-state index contributed by atoms with van der Waals surface area (Å²) in [5.74, 6) is -0.593. The Labute approximate surface area is 179 Å². The Morgan fingerprint density at radius 2 is 1.55 bits per heavy atom. The van der Waals surface area contributed by atoms with Gasteiger partial charge < -0.3 is 9.80 Å². The van der Waals surface area contributed by atoms with Gasteiger partial charge in [-0.25, -0.2) is 9.37 Å². The molecular formula is C21H17BrFN3O2S. The minimum Gasteiger partial charge on any atom is -0.335 e. The summed E-state index contributed by atoms with van der Waals surface area (Å²) in [6.45, 7) is 1.79. The van der Waals surface area contributed by atoms with E-state index >= 15 is 0 Å². The Balaban J connectivity index is 1.40. The van der Waals surface area contributed by atoms with Crippen LogP contribution in [-0.4, -0.2) is 52.8 Å². The van der Waals surface area contributed by atoms with Gasteiger partial charge in [0.15, 0.2) is 0 Å². The molecule has 1 saturated heterocycles. The van der Waals surface area contributed by atoms with Crippen LogP contribution in [0.2, 0.25) is 0 Å². The van der Waals surface area contributed by atoms with E-state index in [2.05, 4.69) is 20.9 Å². The summed E-state index contributed by atoms with van der Waals surface area (Å²) in [6.07, 6.45) is 1.61. The summed E-state index contributed by atoms with van der Waals surface area (Å²) in [6, 6.07) is 13.3. The number of thiazole rings is 1. The van der Waals surface area contributed by atoms with Gasteiger partial charge in [0, 0.05) is 41.8 Å².